The van der Waals surface area contributed by atoms with E-state index in [1.54, 1.807) is 23.1 Å². The number of carbonyl (C=O) groups excluding carboxylic acids is 1. The smallest absolute Gasteiger partial charge is 0.253 e. The molecule has 2 aromatic carbocycles. The fraction of sp³-hybridized carbons (Fsp3) is 0.125. The van der Waals surface area contributed by atoms with E-state index in [0.29, 0.717) is 11.7 Å². The van der Waals surface area contributed by atoms with Crippen molar-refractivity contribution in [2.45, 2.75) is 6.54 Å². The van der Waals surface area contributed by atoms with Crippen LogP contribution in [0.1, 0.15) is 5.56 Å². The second kappa shape index (κ2) is 5.61. The number of thiocarbonyl (C=S) groups is 1. The normalized spacial score (nSPS) is 14.9. The van der Waals surface area contributed by atoms with Crippen molar-refractivity contribution in [3.05, 3.63) is 66.0 Å². The molecule has 0 atom stereocenters. The van der Waals surface area contributed by atoms with Crippen LogP contribution in [0.15, 0.2) is 54.6 Å². The average Bonchev–Trinajstić information content (AvgIpc) is 2.76. The SMILES string of the molecule is O=C1CN(Cc2ccccc2)C(=S)N1c1ccccc1F. The van der Waals surface area contributed by atoms with Gasteiger partial charge in [-0.3, -0.25) is 9.69 Å². The van der Waals surface area contributed by atoms with Crippen LogP contribution in [0.25, 0.3) is 0 Å². The molecule has 1 heterocycles. The lowest BCUT2D eigenvalue weighted by Gasteiger charge is -2.20. The summed E-state index contributed by atoms with van der Waals surface area (Å²) in [4.78, 5) is 15.2. The predicted molar refractivity (Wildman–Crippen MR) is 83.3 cm³/mol. The molecule has 0 spiro atoms. The fourth-order valence-electron chi connectivity index (χ4n) is 2.35. The molecule has 1 aliphatic heterocycles. The number of benzene rings is 2. The summed E-state index contributed by atoms with van der Waals surface area (Å²) in [5.74, 6) is -0.657. The van der Waals surface area contributed by atoms with Gasteiger partial charge in [-0.2, -0.15) is 0 Å². The lowest BCUT2D eigenvalue weighted by molar-refractivity contribution is -0.116. The van der Waals surface area contributed by atoms with E-state index in [0.717, 1.165) is 5.56 Å². The van der Waals surface area contributed by atoms with Crippen molar-refractivity contribution in [3.63, 3.8) is 0 Å². The molecule has 1 saturated heterocycles. The predicted octanol–water partition coefficient (Wildman–Crippen LogP) is 2.96. The van der Waals surface area contributed by atoms with Crippen LogP contribution in [0.3, 0.4) is 0 Å². The van der Waals surface area contributed by atoms with Gasteiger partial charge in [0.2, 0.25) is 0 Å². The second-order valence-electron chi connectivity index (χ2n) is 4.80. The van der Waals surface area contributed by atoms with Crippen LogP contribution in [-0.4, -0.2) is 22.5 Å². The maximum absolute atomic E-state index is 13.9. The number of para-hydroxylation sites is 1. The van der Waals surface area contributed by atoms with Gasteiger partial charge < -0.3 is 4.90 Å². The molecule has 0 aliphatic carbocycles. The topological polar surface area (TPSA) is 23.6 Å². The maximum atomic E-state index is 13.9. The van der Waals surface area contributed by atoms with Crippen LogP contribution in [0.4, 0.5) is 10.1 Å². The molecule has 1 amide bonds. The van der Waals surface area contributed by atoms with Crippen molar-refractivity contribution in [1.82, 2.24) is 4.90 Å². The zero-order valence-corrected chi connectivity index (χ0v) is 12.0. The molecule has 0 aromatic heterocycles. The third kappa shape index (κ3) is 2.64. The Morgan fingerprint density at radius 1 is 1.05 bits per heavy atom. The molecule has 5 heteroatoms. The Labute approximate surface area is 127 Å². The fourth-order valence-corrected chi connectivity index (χ4v) is 2.68. The number of hydrogen-bond acceptors (Lipinski definition) is 2. The van der Waals surface area contributed by atoms with Crippen molar-refractivity contribution in [1.29, 1.82) is 0 Å². The first-order chi connectivity index (χ1) is 10.2. The van der Waals surface area contributed by atoms with Crippen LogP contribution in [-0.2, 0) is 11.3 Å². The third-order valence-corrected chi connectivity index (χ3v) is 3.79. The highest BCUT2D eigenvalue weighted by Crippen LogP contribution is 2.25. The summed E-state index contributed by atoms with van der Waals surface area (Å²) in [6.07, 6.45) is 0. The van der Waals surface area contributed by atoms with Gasteiger partial charge in [0.25, 0.3) is 5.91 Å². The molecule has 1 aliphatic rings. The van der Waals surface area contributed by atoms with Crippen molar-refractivity contribution < 1.29 is 9.18 Å². The Bertz CT molecular complexity index is 690. The number of nitrogens with zero attached hydrogens (tertiary/aromatic N) is 2. The van der Waals surface area contributed by atoms with Gasteiger partial charge in [-0.05, 0) is 29.9 Å². The Hall–Kier alpha value is -2.27. The van der Waals surface area contributed by atoms with Gasteiger partial charge in [0.1, 0.15) is 12.4 Å². The highest BCUT2D eigenvalue weighted by Gasteiger charge is 2.34. The van der Waals surface area contributed by atoms with Gasteiger partial charge in [0.15, 0.2) is 5.11 Å². The molecule has 0 saturated carbocycles. The number of anilines is 1. The summed E-state index contributed by atoms with van der Waals surface area (Å²) >= 11 is 5.34. The molecule has 0 unspecified atom stereocenters. The highest BCUT2D eigenvalue weighted by molar-refractivity contribution is 7.80. The number of halogens is 1. The number of hydrogen-bond donors (Lipinski definition) is 0. The standard InChI is InChI=1S/C16H13FN2OS/c17-13-8-4-5-9-14(13)19-15(20)11-18(16(19)21)10-12-6-2-1-3-7-12/h1-9H,10-11H2. The lowest BCUT2D eigenvalue weighted by Crippen LogP contribution is -2.33. The van der Waals surface area contributed by atoms with Crippen LogP contribution >= 0.6 is 12.2 Å². The van der Waals surface area contributed by atoms with E-state index in [2.05, 4.69) is 0 Å². The van der Waals surface area contributed by atoms with E-state index >= 15 is 0 Å². The summed E-state index contributed by atoms with van der Waals surface area (Å²) in [5, 5.41) is 0.342. The molecular weight excluding hydrogens is 287 g/mol. The Kier molecular flexibility index (Phi) is 3.66. The Balaban J connectivity index is 1.84. The third-order valence-electron chi connectivity index (χ3n) is 3.35. The maximum Gasteiger partial charge on any atom is 0.253 e. The molecule has 0 N–H and O–H groups in total. The average molecular weight is 300 g/mol. The number of amides is 1. The van der Waals surface area contributed by atoms with Gasteiger partial charge in [-0.15, -0.1) is 0 Å². The highest BCUT2D eigenvalue weighted by atomic mass is 32.1. The Morgan fingerprint density at radius 3 is 2.43 bits per heavy atom. The van der Waals surface area contributed by atoms with Crippen LogP contribution in [0.2, 0.25) is 0 Å². The molecule has 0 radical (unpaired) electrons. The van der Waals surface area contributed by atoms with Crippen molar-refractivity contribution >= 4 is 28.9 Å². The van der Waals surface area contributed by atoms with E-state index in [-0.39, 0.29) is 18.1 Å². The first kappa shape index (κ1) is 13.7. The monoisotopic (exact) mass is 300 g/mol. The zero-order chi connectivity index (χ0) is 14.8. The quantitative estimate of drug-likeness (QED) is 0.814. The van der Waals surface area contributed by atoms with E-state index in [1.165, 1.54) is 11.0 Å². The van der Waals surface area contributed by atoms with E-state index < -0.39 is 5.82 Å². The van der Waals surface area contributed by atoms with Crippen molar-refractivity contribution in [3.8, 4) is 0 Å². The minimum atomic E-state index is -0.449. The molecule has 21 heavy (non-hydrogen) atoms. The van der Waals surface area contributed by atoms with E-state index in [1.807, 2.05) is 30.3 Å². The molecule has 0 bridgehead atoms. The summed E-state index contributed by atoms with van der Waals surface area (Å²) in [5.41, 5.74) is 1.27. The molecule has 2 aromatic rings. The van der Waals surface area contributed by atoms with Gasteiger partial charge >= 0.3 is 0 Å². The number of carbonyl (C=O) groups is 1. The largest absolute Gasteiger partial charge is 0.335 e. The van der Waals surface area contributed by atoms with Crippen molar-refractivity contribution in [2.75, 3.05) is 11.4 Å². The summed E-state index contributed by atoms with van der Waals surface area (Å²) in [7, 11) is 0. The van der Waals surface area contributed by atoms with Gasteiger partial charge in [-0.25, -0.2) is 4.39 Å². The van der Waals surface area contributed by atoms with Gasteiger partial charge in [0.05, 0.1) is 5.69 Å². The minimum absolute atomic E-state index is 0.169. The van der Waals surface area contributed by atoms with E-state index in [4.69, 9.17) is 12.2 Å². The van der Waals surface area contributed by atoms with Crippen LogP contribution in [0, 0.1) is 5.82 Å². The minimum Gasteiger partial charge on any atom is -0.335 e. The number of rotatable bonds is 3. The van der Waals surface area contributed by atoms with E-state index in [9.17, 15) is 9.18 Å². The first-order valence-corrected chi connectivity index (χ1v) is 6.98. The zero-order valence-electron chi connectivity index (χ0n) is 11.2. The molecule has 3 nitrogen and oxygen atoms in total. The summed E-state index contributed by atoms with van der Waals surface area (Å²) in [6, 6.07) is 15.9. The second-order valence-corrected chi connectivity index (χ2v) is 5.17. The lowest BCUT2D eigenvalue weighted by atomic mass is 10.2. The van der Waals surface area contributed by atoms with Crippen molar-refractivity contribution in [2.24, 2.45) is 0 Å². The summed E-state index contributed by atoms with van der Waals surface area (Å²) < 4.78 is 13.9. The molecular formula is C16H13FN2OS. The van der Waals surface area contributed by atoms with Gasteiger partial charge in [-0.1, -0.05) is 42.5 Å². The van der Waals surface area contributed by atoms with Crippen LogP contribution in [0.5, 0.6) is 0 Å². The first-order valence-electron chi connectivity index (χ1n) is 6.57. The molecule has 106 valence electrons. The Morgan fingerprint density at radius 2 is 1.71 bits per heavy atom. The van der Waals surface area contributed by atoms with Gasteiger partial charge in [0, 0.05) is 6.54 Å². The molecule has 3 rings (SSSR count). The summed E-state index contributed by atoms with van der Waals surface area (Å²) in [6.45, 7) is 0.707. The molecule has 1 fully saturated rings. The van der Waals surface area contributed by atoms with Crippen LogP contribution < -0.4 is 4.90 Å².